The van der Waals surface area contributed by atoms with Gasteiger partial charge in [-0.05, 0) is 37.7 Å². The first-order valence-corrected chi connectivity index (χ1v) is 7.85. The first-order valence-electron chi connectivity index (χ1n) is 7.85. The van der Waals surface area contributed by atoms with Gasteiger partial charge in [-0.25, -0.2) is 4.98 Å². The highest BCUT2D eigenvalue weighted by atomic mass is 16.3. The number of anilines is 1. The van der Waals surface area contributed by atoms with E-state index in [0.717, 1.165) is 56.6 Å². The molecular weight excluding hydrogens is 276 g/mol. The van der Waals surface area contributed by atoms with Gasteiger partial charge in [0, 0.05) is 38.9 Å². The lowest BCUT2D eigenvalue weighted by Gasteiger charge is -2.33. The minimum absolute atomic E-state index is 0.744. The van der Waals surface area contributed by atoms with Gasteiger partial charge in [0.1, 0.15) is 17.3 Å². The molecule has 1 N–H and O–H groups in total. The van der Waals surface area contributed by atoms with Crippen molar-refractivity contribution >= 4 is 5.82 Å². The number of piperazine rings is 1. The third-order valence-electron chi connectivity index (χ3n) is 4.06. The van der Waals surface area contributed by atoms with Gasteiger partial charge in [-0.15, -0.1) is 0 Å². The van der Waals surface area contributed by atoms with Crippen LogP contribution in [0.1, 0.15) is 17.1 Å². The van der Waals surface area contributed by atoms with Crippen molar-refractivity contribution in [2.45, 2.75) is 20.0 Å². The third-order valence-corrected chi connectivity index (χ3v) is 4.06. The van der Waals surface area contributed by atoms with E-state index in [1.165, 1.54) is 5.56 Å². The number of aromatic nitrogens is 1. The highest BCUT2D eigenvalue weighted by Gasteiger charge is 2.14. The van der Waals surface area contributed by atoms with Crippen LogP contribution in [-0.4, -0.2) is 43.1 Å². The Labute approximate surface area is 131 Å². The van der Waals surface area contributed by atoms with Gasteiger partial charge in [0.15, 0.2) is 0 Å². The second kappa shape index (κ2) is 6.94. The summed E-state index contributed by atoms with van der Waals surface area (Å²) in [6.45, 7) is 7.83. The van der Waals surface area contributed by atoms with Crippen LogP contribution in [0.5, 0.6) is 0 Å². The Bertz CT molecular complexity index is 585. The zero-order valence-corrected chi connectivity index (χ0v) is 13.4. The predicted octanol–water partition coefficient (Wildman–Crippen LogP) is 2.02. The summed E-state index contributed by atoms with van der Waals surface area (Å²) in [6.07, 6.45) is 1.97. The van der Waals surface area contributed by atoms with Crippen molar-refractivity contribution in [1.29, 1.82) is 0 Å². The molecule has 0 unspecified atom stereocenters. The molecule has 0 amide bonds. The molecule has 3 heterocycles. The van der Waals surface area contributed by atoms with Crippen molar-refractivity contribution in [3.8, 4) is 0 Å². The highest BCUT2D eigenvalue weighted by molar-refractivity contribution is 5.39. The molecule has 1 aliphatic heterocycles. The minimum atomic E-state index is 0.744. The molecule has 118 valence electrons. The zero-order valence-electron chi connectivity index (χ0n) is 13.4. The summed E-state index contributed by atoms with van der Waals surface area (Å²) < 4.78 is 5.54. The number of pyridine rings is 1. The van der Waals surface area contributed by atoms with Gasteiger partial charge in [0.25, 0.3) is 0 Å². The molecule has 0 atom stereocenters. The van der Waals surface area contributed by atoms with Crippen LogP contribution >= 0.6 is 0 Å². The van der Waals surface area contributed by atoms with Gasteiger partial charge in [-0.2, -0.15) is 0 Å². The SMILES string of the molecule is Cc1ccc(CNCc2ccc(N3CCN(C)CC3)nc2)o1. The summed E-state index contributed by atoms with van der Waals surface area (Å²) in [7, 11) is 2.17. The van der Waals surface area contributed by atoms with Crippen molar-refractivity contribution in [1.82, 2.24) is 15.2 Å². The van der Waals surface area contributed by atoms with Gasteiger partial charge >= 0.3 is 0 Å². The Hall–Kier alpha value is -1.85. The van der Waals surface area contributed by atoms with Crippen molar-refractivity contribution < 1.29 is 4.42 Å². The average Bonchev–Trinajstić information content (AvgIpc) is 2.94. The van der Waals surface area contributed by atoms with Crippen molar-refractivity contribution in [3.05, 3.63) is 47.5 Å². The predicted molar refractivity (Wildman–Crippen MR) is 87.9 cm³/mol. The van der Waals surface area contributed by atoms with Crippen LogP contribution in [0.4, 0.5) is 5.82 Å². The topological polar surface area (TPSA) is 44.5 Å². The standard InChI is InChI=1S/C17H24N4O/c1-14-3-5-16(22-14)13-18-11-15-4-6-17(19-12-15)21-9-7-20(2)8-10-21/h3-6,12,18H,7-11,13H2,1-2H3. The van der Waals surface area contributed by atoms with Crippen LogP contribution in [0.2, 0.25) is 0 Å². The fourth-order valence-corrected chi connectivity index (χ4v) is 2.65. The van der Waals surface area contributed by atoms with E-state index in [1.54, 1.807) is 0 Å². The number of hydrogen-bond acceptors (Lipinski definition) is 5. The number of furan rings is 1. The van der Waals surface area contributed by atoms with Crippen molar-refractivity contribution in [3.63, 3.8) is 0 Å². The quantitative estimate of drug-likeness (QED) is 0.915. The molecule has 5 nitrogen and oxygen atoms in total. The van der Waals surface area contributed by atoms with E-state index in [-0.39, 0.29) is 0 Å². The summed E-state index contributed by atoms with van der Waals surface area (Å²) in [5, 5.41) is 3.38. The number of likely N-dealkylation sites (N-methyl/N-ethyl adjacent to an activating group) is 1. The molecule has 0 saturated carbocycles. The Kier molecular flexibility index (Phi) is 4.75. The van der Waals surface area contributed by atoms with E-state index in [9.17, 15) is 0 Å². The summed E-state index contributed by atoms with van der Waals surface area (Å²) in [5.41, 5.74) is 1.20. The molecule has 5 heteroatoms. The lowest BCUT2D eigenvalue weighted by Crippen LogP contribution is -2.44. The lowest BCUT2D eigenvalue weighted by molar-refractivity contribution is 0.312. The number of rotatable bonds is 5. The molecule has 0 spiro atoms. The Morgan fingerprint density at radius 2 is 1.91 bits per heavy atom. The lowest BCUT2D eigenvalue weighted by atomic mass is 10.2. The smallest absolute Gasteiger partial charge is 0.128 e. The maximum atomic E-state index is 5.54. The monoisotopic (exact) mass is 300 g/mol. The third kappa shape index (κ3) is 3.87. The second-order valence-corrected chi connectivity index (χ2v) is 5.93. The summed E-state index contributed by atoms with van der Waals surface area (Å²) in [5.74, 6) is 3.01. The zero-order chi connectivity index (χ0) is 15.4. The molecule has 0 aromatic carbocycles. The van der Waals surface area contributed by atoms with Crippen LogP contribution in [0.3, 0.4) is 0 Å². The van der Waals surface area contributed by atoms with Crippen LogP contribution in [-0.2, 0) is 13.1 Å². The van der Waals surface area contributed by atoms with E-state index in [4.69, 9.17) is 4.42 Å². The molecule has 2 aromatic heterocycles. The summed E-state index contributed by atoms with van der Waals surface area (Å²) in [4.78, 5) is 9.30. The Morgan fingerprint density at radius 1 is 1.09 bits per heavy atom. The fourth-order valence-electron chi connectivity index (χ4n) is 2.65. The Morgan fingerprint density at radius 3 is 2.55 bits per heavy atom. The van der Waals surface area contributed by atoms with E-state index >= 15 is 0 Å². The molecule has 1 aliphatic rings. The van der Waals surface area contributed by atoms with Crippen molar-refractivity contribution in [2.24, 2.45) is 0 Å². The van der Waals surface area contributed by atoms with Gasteiger partial charge in [0.05, 0.1) is 6.54 Å². The van der Waals surface area contributed by atoms with Gasteiger partial charge in [-0.1, -0.05) is 6.07 Å². The first-order chi connectivity index (χ1) is 10.7. The van der Waals surface area contributed by atoms with Crippen LogP contribution in [0.25, 0.3) is 0 Å². The number of nitrogens with one attached hydrogen (secondary N) is 1. The number of nitrogens with zero attached hydrogens (tertiary/aromatic N) is 3. The highest BCUT2D eigenvalue weighted by Crippen LogP contribution is 2.13. The molecule has 3 rings (SSSR count). The van der Waals surface area contributed by atoms with Gasteiger partial charge < -0.3 is 19.5 Å². The molecule has 2 aromatic rings. The largest absolute Gasteiger partial charge is 0.465 e. The molecule has 1 saturated heterocycles. The normalized spacial score (nSPS) is 16.2. The maximum absolute atomic E-state index is 5.54. The molecule has 1 fully saturated rings. The second-order valence-electron chi connectivity index (χ2n) is 5.93. The van der Waals surface area contributed by atoms with Crippen LogP contribution in [0.15, 0.2) is 34.9 Å². The van der Waals surface area contributed by atoms with E-state index in [0.29, 0.717) is 0 Å². The molecular formula is C17H24N4O. The van der Waals surface area contributed by atoms with Crippen LogP contribution in [0, 0.1) is 6.92 Å². The van der Waals surface area contributed by atoms with Crippen LogP contribution < -0.4 is 10.2 Å². The molecule has 0 aliphatic carbocycles. The van der Waals surface area contributed by atoms with Gasteiger partial charge in [-0.3, -0.25) is 0 Å². The maximum Gasteiger partial charge on any atom is 0.128 e. The molecule has 0 bridgehead atoms. The summed E-state index contributed by atoms with van der Waals surface area (Å²) in [6, 6.07) is 8.28. The number of aryl methyl sites for hydroxylation is 1. The minimum Gasteiger partial charge on any atom is -0.465 e. The van der Waals surface area contributed by atoms with Crippen molar-refractivity contribution in [2.75, 3.05) is 38.1 Å². The Balaban J connectivity index is 1.49. The fraction of sp³-hybridized carbons (Fsp3) is 0.471. The summed E-state index contributed by atoms with van der Waals surface area (Å²) >= 11 is 0. The number of hydrogen-bond donors (Lipinski definition) is 1. The average molecular weight is 300 g/mol. The van der Waals surface area contributed by atoms with E-state index < -0.39 is 0 Å². The van der Waals surface area contributed by atoms with E-state index in [2.05, 4.69) is 39.3 Å². The first kappa shape index (κ1) is 15.1. The van der Waals surface area contributed by atoms with Gasteiger partial charge in [0.2, 0.25) is 0 Å². The molecule has 0 radical (unpaired) electrons. The van der Waals surface area contributed by atoms with E-state index in [1.807, 2.05) is 25.3 Å². The molecule has 22 heavy (non-hydrogen) atoms.